The highest BCUT2D eigenvalue weighted by molar-refractivity contribution is 7.91. The number of aliphatic hydroxyl groups excluding tert-OH is 1. The van der Waals surface area contributed by atoms with Crippen LogP contribution in [0, 0.1) is 24.6 Å². The second-order valence-corrected chi connectivity index (χ2v) is 15.6. The fraction of sp³-hybridized carbons (Fsp3) is 0.484. The van der Waals surface area contributed by atoms with Gasteiger partial charge in [0.05, 0.1) is 32.3 Å². The minimum Gasteiger partial charge on any atom is -0.388 e. The fourth-order valence-electron chi connectivity index (χ4n) is 6.18. The summed E-state index contributed by atoms with van der Waals surface area (Å²) in [4.78, 5) is 19.1. The first-order valence-corrected chi connectivity index (χ1v) is 17.6. The summed E-state index contributed by atoms with van der Waals surface area (Å²) in [5.74, 6) is 0.00502. The minimum atomic E-state index is -3.83. The Hall–Kier alpha value is -3.26. The van der Waals surface area contributed by atoms with Crippen LogP contribution in [0.15, 0.2) is 41.4 Å². The van der Waals surface area contributed by atoms with Gasteiger partial charge in [0.15, 0.2) is 15.6 Å². The van der Waals surface area contributed by atoms with Crippen molar-refractivity contribution in [3.8, 4) is 10.6 Å². The summed E-state index contributed by atoms with van der Waals surface area (Å²) >= 11 is 1.50. The Kier molecular flexibility index (Phi) is 7.34. The van der Waals surface area contributed by atoms with Gasteiger partial charge in [-0.1, -0.05) is 0 Å². The summed E-state index contributed by atoms with van der Waals surface area (Å²) in [6.45, 7) is 3.96. The van der Waals surface area contributed by atoms with E-state index >= 15 is 0 Å². The van der Waals surface area contributed by atoms with Crippen LogP contribution < -0.4 is 10.6 Å². The number of hydrogen-bond acceptors (Lipinski definition) is 11. The zero-order valence-corrected chi connectivity index (χ0v) is 26.1. The monoisotopic (exact) mass is 638 g/mol. The van der Waals surface area contributed by atoms with Gasteiger partial charge in [-0.05, 0) is 88.6 Å². The molecule has 3 aliphatic carbocycles. The first kappa shape index (κ1) is 29.5. The lowest BCUT2D eigenvalue weighted by atomic mass is 10.0. The van der Waals surface area contributed by atoms with Crippen molar-refractivity contribution in [2.75, 3.05) is 16.4 Å². The normalized spacial score (nSPS) is 24.5. The molecule has 4 atom stereocenters. The third kappa shape index (κ3) is 5.66. The number of benzene rings is 1. The summed E-state index contributed by atoms with van der Waals surface area (Å²) in [6.07, 6.45) is 5.23. The van der Waals surface area contributed by atoms with Crippen LogP contribution in [0.4, 0.5) is 16.2 Å². The van der Waals surface area contributed by atoms with Crippen molar-refractivity contribution in [2.45, 2.75) is 81.1 Å². The molecule has 3 aliphatic rings. The SMILES string of the molecule is Cc1nc(NC(C)C2CC2)nc(NC2(O)CCC(CS(=O)(=O)c3ccc(F)cc3)C2O)c1-c1nc2c(C3CC3)nccc2s1. The van der Waals surface area contributed by atoms with Crippen LogP contribution in [0.2, 0.25) is 0 Å². The number of pyridine rings is 1. The third-order valence-electron chi connectivity index (χ3n) is 9.06. The first-order chi connectivity index (χ1) is 21.0. The number of sulfone groups is 1. The number of nitrogens with one attached hydrogen (secondary N) is 2. The Balaban J connectivity index is 1.22. The van der Waals surface area contributed by atoms with Crippen LogP contribution in [-0.4, -0.2) is 62.2 Å². The van der Waals surface area contributed by atoms with Crippen LogP contribution in [0.3, 0.4) is 0 Å². The molecular formula is C31H35FN6O4S2. The maximum Gasteiger partial charge on any atom is 0.225 e. The van der Waals surface area contributed by atoms with Gasteiger partial charge in [-0.25, -0.2) is 22.8 Å². The van der Waals surface area contributed by atoms with E-state index in [4.69, 9.17) is 15.0 Å². The molecule has 3 saturated carbocycles. The van der Waals surface area contributed by atoms with E-state index in [1.54, 1.807) is 0 Å². The molecular weight excluding hydrogens is 604 g/mol. The number of nitrogens with zero attached hydrogens (tertiary/aromatic N) is 4. The molecule has 7 rings (SSSR count). The van der Waals surface area contributed by atoms with Crippen molar-refractivity contribution < 1.29 is 23.0 Å². The van der Waals surface area contributed by atoms with E-state index in [-0.39, 0.29) is 29.5 Å². The quantitative estimate of drug-likeness (QED) is 0.138. The van der Waals surface area contributed by atoms with E-state index in [2.05, 4.69) is 22.5 Å². The fourth-order valence-corrected chi connectivity index (χ4v) is 8.90. The van der Waals surface area contributed by atoms with Gasteiger partial charge in [0.25, 0.3) is 0 Å². The number of aromatic nitrogens is 4. The Labute approximate surface area is 259 Å². The Morgan fingerprint density at radius 1 is 1.09 bits per heavy atom. The second-order valence-electron chi connectivity index (χ2n) is 12.5. The summed E-state index contributed by atoms with van der Waals surface area (Å²) in [7, 11) is -3.83. The topological polar surface area (TPSA) is 150 Å². The second kappa shape index (κ2) is 11.0. The molecule has 0 amide bonds. The van der Waals surface area contributed by atoms with Gasteiger partial charge in [0.2, 0.25) is 5.95 Å². The molecule has 44 heavy (non-hydrogen) atoms. The highest BCUT2D eigenvalue weighted by Crippen LogP contribution is 2.45. The van der Waals surface area contributed by atoms with E-state index in [1.807, 2.05) is 19.2 Å². The molecule has 232 valence electrons. The molecule has 13 heteroatoms. The molecule has 3 aromatic heterocycles. The maximum atomic E-state index is 13.4. The Morgan fingerprint density at radius 2 is 1.84 bits per heavy atom. The summed E-state index contributed by atoms with van der Waals surface area (Å²) in [5.41, 5.74) is 1.26. The van der Waals surface area contributed by atoms with Gasteiger partial charge in [-0.3, -0.25) is 4.98 Å². The van der Waals surface area contributed by atoms with Crippen LogP contribution >= 0.6 is 11.3 Å². The van der Waals surface area contributed by atoms with Crippen molar-refractivity contribution >= 4 is 43.2 Å². The predicted molar refractivity (Wildman–Crippen MR) is 167 cm³/mol. The van der Waals surface area contributed by atoms with E-state index < -0.39 is 33.4 Å². The number of halogens is 1. The van der Waals surface area contributed by atoms with Gasteiger partial charge >= 0.3 is 0 Å². The first-order valence-electron chi connectivity index (χ1n) is 15.1. The van der Waals surface area contributed by atoms with Crippen molar-refractivity contribution in [2.24, 2.45) is 11.8 Å². The molecule has 0 radical (unpaired) electrons. The number of fused-ring (bicyclic) bond motifs is 1. The lowest BCUT2D eigenvalue weighted by molar-refractivity contribution is -0.0442. The molecule has 0 bridgehead atoms. The van der Waals surface area contributed by atoms with Crippen LogP contribution in [0.25, 0.3) is 20.8 Å². The van der Waals surface area contributed by atoms with E-state index in [1.165, 1.54) is 23.5 Å². The van der Waals surface area contributed by atoms with Crippen LogP contribution in [0.1, 0.15) is 62.8 Å². The van der Waals surface area contributed by atoms with Crippen molar-refractivity contribution in [3.05, 3.63) is 53.7 Å². The maximum absolute atomic E-state index is 13.4. The number of aryl methyl sites for hydroxylation is 1. The zero-order valence-electron chi connectivity index (χ0n) is 24.5. The molecule has 3 fully saturated rings. The lowest BCUT2D eigenvalue weighted by Gasteiger charge is -2.31. The van der Waals surface area contributed by atoms with Gasteiger partial charge in [0, 0.05) is 24.1 Å². The van der Waals surface area contributed by atoms with E-state index in [0.717, 1.165) is 53.7 Å². The molecule has 4 aromatic rings. The lowest BCUT2D eigenvalue weighted by Crippen LogP contribution is -2.48. The van der Waals surface area contributed by atoms with Crippen molar-refractivity contribution in [1.82, 2.24) is 19.9 Å². The third-order valence-corrected chi connectivity index (χ3v) is 12.0. The number of rotatable bonds is 10. The smallest absolute Gasteiger partial charge is 0.225 e. The largest absolute Gasteiger partial charge is 0.388 e. The Morgan fingerprint density at radius 3 is 2.55 bits per heavy atom. The number of hydrogen-bond donors (Lipinski definition) is 4. The average molecular weight is 639 g/mol. The minimum absolute atomic E-state index is 0.0281. The molecule has 0 spiro atoms. The van der Waals surface area contributed by atoms with Crippen molar-refractivity contribution in [3.63, 3.8) is 0 Å². The molecule has 0 aliphatic heterocycles. The molecule has 3 heterocycles. The van der Waals surface area contributed by atoms with E-state index in [9.17, 15) is 23.0 Å². The molecule has 1 aromatic carbocycles. The van der Waals surface area contributed by atoms with Gasteiger partial charge in [-0.2, -0.15) is 4.98 Å². The number of thiazole rings is 1. The number of aliphatic hydroxyl groups is 2. The van der Waals surface area contributed by atoms with E-state index in [0.29, 0.717) is 39.9 Å². The number of anilines is 2. The predicted octanol–water partition coefficient (Wildman–Crippen LogP) is 5.03. The molecule has 4 unspecified atom stereocenters. The standard InChI is InChI=1S/C31H35FN6O4S2/c1-16(18-3-4-18)34-30-35-17(2)24(29-36-26-23(43-29)12-14-33-25(26)19-5-6-19)28(37-30)38-31(40)13-11-20(27(31)39)15-44(41,42)22-9-7-21(32)8-10-22/h7-10,12,14,16,18-20,27,39-40H,3-6,11,13,15H2,1-2H3,(H2,34,35,37,38). The molecule has 10 nitrogen and oxygen atoms in total. The van der Waals surface area contributed by atoms with Gasteiger partial charge in [0.1, 0.15) is 28.3 Å². The zero-order chi connectivity index (χ0) is 30.8. The summed E-state index contributed by atoms with van der Waals surface area (Å²) in [6, 6.07) is 6.73. The van der Waals surface area contributed by atoms with Gasteiger partial charge in [-0.15, -0.1) is 11.3 Å². The van der Waals surface area contributed by atoms with Crippen LogP contribution in [-0.2, 0) is 9.84 Å². The highest BCUT2D eigenvalue weighted by atomic mass is 32.2. The average Bonchev–Trinajstić information content (AvgIpc) is 3.91. The van der Waals surface area contributed by atoms with Crippen molar-refractivity contribution in [1.29, 1.82) is 0 Å². The van der Waals surface area contributed by atoms with Gasteiger partial charge < -0.3 is 20.8 Å². The molecule has 0 saturated heterocycles. The summed E-state index contributed by atoms with van der Waals surface area (Å²) in [5, 5.41) is 30.3. The highest BCUT2D eigenvalue weighted by Gasteiger charge is 2.49. The van der Waals surface area contributed by atoms with Crippen LogP contribution in [0.5, 0.6) is 0 Å². The summed E-state index contributed by atoms with van der Waals surface area (Å²) < 4.78 is 40.6. The Bertz CT molecular complexity index is 1830. The molecule has 4 N–H and O–H groups in total.